The van der Waals surface area contributed by atoms with Crippen LogP contribution in [0.1, 0.15) is 116 Å². The summed E-state index contributed by atoms with van der Waals surface area (Å²) in [5.41, 5.74) is 5.82. The van der Waals surface area contributed by atoms with E-state index in [-0.39, 0.29) is 31.1 Å². The van der Waals surface area contributed by atoms with Crippen molar-refractivity contribution in [1.82, 2.24) is 35.5 Å². The van der Waals surface area contributed by atoms with Crippen LogP contribution in [0.15, 0.2) is 67.1 Å². The van der Waals surface area contributed by atoms with Crippen molar-refractivity contribution in [3.8, 4) is 0 Å². The maximum atomic E-state index is 15.0. The Hall–Kier alpha value is -5.08. The number of rotatable bonds is 17. The number of fused-ring (bicyclic) bond motifs is 1. The van der Waals surface area contributed by atoms with Crippen molar-refractivity contribution < 1.29 is 29.0 Å². The number of carbonyl (C=O) groups excluding carboxylic acids is 4. The predicted octanol–water partition coefficient (Wildman–Crippen LogP) is 5.99. The molecule has 14 nitrogen and oxygen atoms in total. The topological polar surface area (TPSA) is 208 Å². The van der Waals surface area contributed by atoms with Gasteiger partial charge >= 0.3 is 6.09 Å². The molecule has 308 valence electrons. The summed E-state index contributed by atoms with van der Waals surface area (Å²) < 4.78 is 5.80. The van der Waals surface area contributed by atoms with Gasteiger partial charge in [-0.25, -0.2) is 19.7 Å². The number of amides is 4. The molecule has 0 bridgehead atoms. The highest BCUT2D eigenvalue weighted by molar-refractivity contribution is 5.99. The van der Waals surface area contributed by atoms with Crippen molar-refractivity contribution in [3.63, 3.8) is 0 Å². The number of H-pyrrole nitrogens is 2. The van der Waals surface area contributed by atoms with E-state index in [1.165, 1.54) is 12.5 Å². The van der Waals surface area contributed by atoms with Gasteiger partial charge in [-0.3, -0.25) is 14.4 Å². The molecule has 5 rings (SSSR count). The van der Waals surface area contributed by atoms with E-state index in [0.717, 1.165) is 48.7 Å². The molecule has 14 heteroatoms. The second-order valence-electron chi connectivity index (χ2n) is 16.9. The van der Waals surface area contributed by atoms with Crippen LogP contribution in [0.2, 0.25) is 0 Å². The van der Waals surface area contributed by atoms with Gasteiger partial charge in [0.05, 0.1) is 35.9 Å². The van der Waals surface area contributed by atoms with Crippen LogP contribution in [0.5, 0.6) is 0 Å². The van der Waals surface area contributed by atoms with Gasteiger partial charge in [-0.05, 0) is 76.0 Å². The lowest BCUT2D eigenvalue weighted by molar-refractivity contribution is -0.166. The molecule has 0 saturated heterocycles. The molecule has 1 aliphatic rings. The van der Waals surface area contributed by atoms with Gasteiger partial charge in [-0.2, -0.15) is 0 Å². The Bertz CT molecular complexity index is 1890. The van der Waals surface area contributed by atoms with Crippen molar-refractivity contribution in [2.45, 2.75) is 135 Å². The Kier molecular flexibility index (Phi) is 14.6. The number of imidazole rings is 2. The number of aromatic amines is 2. The minimum atomic E-state index is -2.35. The Balaban J connectivity index is 1.50. The molecule has 0 aliphatic heterocycles. The number of ether oxygens (including phenoxy) is 1. The standard InChI is InChI=1S/C43H60N8O6/c1-28(2)22-35(38-48-33-18-12-13-19-34(33)49-38)47-37(52)25-43(56,21-20-29-14-8-6-9-15-29)51(41(55)57-42(3,4)5)40(54)36(24-31-26-45-27-46-31)50-39(53)32(44)23-30-16-10-7-11-17-30/h7,10-13,16-19,26-29,32,35-36,56H,6,8-9,14-15,20-25,44H2,1-5H3,(H,45,46)(H,47,52)(H,48,49)(H,50,53)/t32-,35-,36-,43-/m0/s1. The smallest absolute Gasteiger partial charge is 0.419 e. The summed E-state index contributed by atoms with van der Waals surface area (Å²) in [5, 5.41) is 18.7. The largest absolute Gasteiger partial charge is 0.443 e. The molecule has 0 spiro atoms. The molecule has 2 aromatic heterocycles. The summed E-state index contributed by atoms with van der Waals surface area (Å²) in [5.74, 6) is -1.23. The van der Waals surface area contributed by atoms with Crippen LogP contribution in [-0.4, -0.2) is 77.2 Å². The highest BCUT2D eigenvalue weighted by atomic mass is 16.6. The maximum Gasteiger partial charge on any atom is 0.419 e. The van der Waals surface area contributed by atoms with Crippen LogP contribution in [0.3, 0.4) is 0 Å². The second-order valence-corrected chi connectivity index (χ2v) is 16.9. The number of nitrogens with zero attached hydrogens (tertiary/aromatic N) is 3. The molecule has 7 N–H and O–H groups in total. The van der Waals surface area contributed by atoms with Crippen LogP contribution in [0.25, 0.3) is 11.0 Å². The van der Waals surface area contributed by atoms with E-state index >= 15 is 4.79 Å². The fourth-order valence-corrected chi connectivity index (χ4v) is 7.52. The normalized spacial score (nSPS) is 16.4. The molecule has 2 aromatic carbocycles. The number of nitrogens with one attached hydrogen (secondary N) is 4. The van der Waals surface area contributed by atoms with Gasteiger partial charge in [-0.15, -0.1) is 0 Å². The third kappa shape index (κ3) is 12.5. The molecule has 4 aromatic rings. The van der Waals surface area contributed by atoms with Crippen LogP contribution >= 0.6 is 0 Å². The van der Waals surface area contributed by atoms with Crippen molar-refractivity contribution in [1.29, 1.82) is 0 Å². The molecule has 1 aliphatic carbocycles. The van der Waals surface area contributed by atoms with Crippen LogP contribution in [0.4, 0.5) is 4.79 Å². The summed E-state index contributed by atoms with van der Waals surface area (Å²) in [6, 6.07) is 13.8. The first-order chi connectivity index (χ1) is 27.1. The Morgan fingerprint density at radius 3 is 2.33 bits per heavy atom. The SMILES string of the molecule is CC(C)C[C@H](NC(=O)C[C@@](O)(CCC1CCCCC1)N(C(=O)OC(C)(C)C)C(=O)[C@H](Cc1cnc[nH]1)NC(=O)[C@@H](N)Cc1ccccc1)c1nc2ccccc2[nH]1. The molecule has 0 unspecified atom stereocenters. The lowest BCUT2D eigenvalue weighted by Crippen LogP contribution is -2.63. The first-order valence-corrected chi connectivity index (χ1v) is 20.2. The van der Waals surface area contributed by atoms with E-state index < -0.39 is 59.7 Å². The molecule has 4 amide bonds. The van der Waals surface area contributed by atoms with E-state index in [1.807, 2.05) is 68.4 Å². The van der Waals surface area contributed by atoms with Crippen molar-refractivity contribution >= 4 is 34.8 Å². The zero-order chi connectivity index (χ0) is 41.2. The number of aromatic nitrogens is 4. The number of nitrogens with two attached hydrogens (primary N) is 1. The van der Waals surface area contributed by atoms with E-state index in [9.17, 15) is 19.5 Å². The molecule has 2 heterocycles. The zero-order valence-corrected chi connectivity index (χ0v) is 33.9. The van der Waals surface area contributed by atoms with Gasteiger partial charge in [0.15, 0.2) is 5.72 Å². The van der Waals surface area contributed by atoms with Gasteiger partial charge in [0.1, 0.15) is 17.5 Å². The van der Waals surface area contributed by atoms with E-state index in [1.54, 1.807) is 20.8 Å². The summed E-state index contributed by atoms with van der Waals surface area (Å²) in [4.78, 5) is 73.1. The molecular weight excluding hydrogens is 725 g/mol. The monoisotopic (exact) mass is 784 g/mol. The average molecular weight is 785 g/mol. The second kappa shape index (κ2) is 19.4. The fraction of sp³-hybridized carbons (Fsp3) is 0.535. The van der Waals surface area contributed by atoms with Crippen molar-refractivity contribution in [2.75, 3.05) is 0 Å². The number of para-hydroxylation sites is 2. The quantitative estimate of drug-likeness (QED) is 0.0694. The van der Waals surface area contributed by atoms with Crippen LogP contribution in [0, 0.1) is 11.8 Å². The minimum Gasteiger partial charge on any atom is -0.443 e. The summed E-state index contributed by atoms with van der Waals surface area (Å²) in [7, 11) is 0. The first-order valence-electron chi connectivity index (χ1n) is 20.2. The Labute approximate surface area is 335 Å². The van der Waals surface area contributed by atoms with E-state index in [0.29, 0.717) is 29.3 Å². The lowest BCUT2D eigenvalue weighted by Gasteiger charge is -2.41. The minimum absolute atomic E-state index is 0.0895. The number of carbonyl (C=O) groups is 4. The van der Waals surface area contributed by atoms with Crippen molar-refractivity contribution in [2.24, 2.45) is 17.6 Å². The molecule has 1 saturated carbocycles. The van der Waals surface area contributed by atoms with Gasteiger partial charge in [0.2, 0.25) is 11.8 Å². The summed E-state index contributed by atoms with van der Waals surface area (Å²) in [6.07, 6.45) is 7.19. The Morgan fingerprint density at radius 1 is 0.982 bits per heavy atom. The maximum absolute atomic E-state index is 15.0. The van der Waals surface area contributed by atoms with Crippen LogP contribution in [-0.2, 0) is 32.0 Å². The van der Waals surface area contributed by atoms with Gasteiger partial charge < -0.3 is 36.2 Å². The van der Waals surface area contributed by atoms with Crippen molar-refractivity contribution in [3.05, 3.63) is 84.2 Å². The Morgan fingerprint density at radius 2 is 1.68 bits per heavy atom. The first kappa shape index (κ1) is 43.1. The number of hydrogen-bond acceptors (Lipinski definition) is 9. The molecule has 57 heavy (non-hydrogen) atoms. The highest BCUT2D eigenvalue weighted by Gasteiger charge is 2.48. The predicted molar refractivity (Wildman–Crippen MR) is 217 cm³/mol. The highest BCUT2D eigenvalue weighted by Crippen LogP contribution is 2.34. The number of imide groups is 1. The summed E-state index contributed by atoms with van der Waals surface area (Å²) in [6.45, 7) is 9.02. The van der Waals surface area contributed by atoms with E-state index in [2.05, 4.69) is 25.6 Å². The average Bonchev–Trinajstić information content (AvgIpc) is 3.84. The number of hydrogen-bond donors (Lipinski definition) is 6. The third-order valence-electron chi connectivity index (χ3n) is 10.3. The number of benzene rings is 2. The third-order valence-corrected chi connectivity index (χ3v) is 10.3. The fourth-order valence-electron chi connectivity index (χ4n) is 7.52. The van der Waals surface area contributed by atoms with Gasteiger partial charge in [0, 0.05) is 18.3 Å². The van der Waals surface area contributed by atoms with Gasteiger partial charge in [-0.1, -0.05) is 88.4 Å². The molecule has 1 fully saturated rings. The molecule has 4 atom stereocenters. The van der Waals surface area contributed by atoms with Gasteiger partial charge in [0.25, 0.3) is 5.91 Å². The number of aliphatic hydroxyl groups is 1. The molecule has 0 radical (unpaired) electrons. The summed E-state index contributed by atoms with van der Waals surface area (Å²) >= 11 is 0. The van der Waals surface area contributed by atoms with E-state index in [4.69, 9.17) is 15.5 Å². The zero-order valence-electron chi connectivity index (χ0n) is 33.9. The lowest BCUT2D eigenvalue weighted by atomic mass is 9.83. The molecular formula is C43H60N8O6. The van der Waals surface area contributed by atoms with Crippen LogP contribution < -0.4 is 16.4 Å².